The topological polar surface area (TPSA) is 74.2 Å². The number of rotatable bonds is 6. The van der Waals surface area contributed by atoms with E-state index in [1.54, 1.807) is 7.11 Å². The van der Waals surface area contributed by atoms with Gasteiger partial charge in [0.05, 0.1) is 12.5 Å². The molecule has 0 saturated carbocycles. The summed E-state index contributed by atoms with van der Waals surface area (Å²) in [6, 6.07) is 10.1. The van der Waals surface area contributed by atoms with Gasteiger partial charge in [-0.1, -0.05) is 42.4 Å². The predicted molar refractivity (Wildman–Crippen MR) is 76.3 cm³/mol. The molecule has 0 spiro atoms. The van der Waals surface area contributed by atoms with Gasteiger partial charge in [-0.15, -0.1) is 0 Å². The lowest BCUT2D eigenvalue weighted by atomic mass is 9.96. The third kappa shape index (κ3) is 3.05. The quantitative estimate of drug-likeness (QED) is 0.876. The highest BCUT2D eigenvalue weighted by Gasteiger charge is 2.29. The summed E-state index contributed by atoms with van der Waals surface area (Å²) in [5.41, 5.74) is 6.55. The van der Waals surface area contributed by atoms with Crippen molar-refractivity contribution in [1.82, 2.24) is 10.1 Å². The first kappa shape index (κ1) is 14.7. The van der Waals surface area contributed by atoms with Gasteiger partial charge in [-0.05, 0) is 18.9 Å². The summed E-state index contributed by atoms with van der Waals surface area (Å²) in [5, 5.41) is 4.01. The van der Waals surface area contributed by atoms with E-state index in [0.29, 0.717) is 18.3 Å². The van der Waals surface area contributed by atoms with Gasteiger partial charge in [-0.2, -0.15) is 4.98 Å². The van der Waals surface area contributed by atoms with Crippen LogP contribution >= 0.6 is 0 Å². The minimum atomic E-state index is -0.745. The Labute approximate surface area is 119 Å². The molecule has 0 aliphatic carbocycles. The summed E-state index contributed by atoms with van der Waals surface area (Å²) in [7, 11) is 1.60. The first-order chi connectivity index (χ1) is 9.58. The number of ether oxygens (including phenoxy) is 1. The van der Waals surface area contributed by atoms with Crippen molar-refractivity contribution in [2.75, 3.05) is 13.7 Å². The maximum absolute atomic E-state index is 6.13. The Morgan fingerprint density at radius 1 is 1.35 bits per heavy atom. The highest BCUT2D eigenvalue weighted by atomic mass is 16.5. The van der Waals surface area contributed by atoms with Crippen molar-refractivity contribution in [2.45, 2.75) is 31.7 Å². The van der Waals surface area contributed by atoms with Gasteiger partial charge in [0.1, 0.15) is 5.54 Å². The maximum atomic E-state index is 6.13. The largest absolute Gasteiger partial charge is 0.382 e. The van der Waals surface area contributed by atoms with Gasteiger partial charge in [0, 0.05) is 7.11 Å². The van der Waals surface area contributed by atoms with Crippen molar-refractivity contribution in [1.29, 1.82) is 0 Å². The van der Waals surface area contributed by atoms with Crippen molar-refractivity contribution < 1.29 is 9.26 Å². The standard InChI is InChI=1S/C15H21N3O2/c1-4-12(11-8-6-5-7-9-11)13-17-14(18-20-13)15(2,16)10-19-3/h5-9,12H,4,10,16H2,1-3H3. The predicted octanol–water partition coefficient (Wildman–Crippen LogP) is 2.43. The number of aromatic nitrogens is 2. The van der Waals surface area contributed by atoms with E-state index in [1.165, 1.54) is 0 Å². The van der Waals surface area contributed by atoms with Crippen LogP contribution in [-0.4, -0.2) is 23.9 Å². The molecule has 1 heterocycles. The molecule has 2 unspecified atom stereocenters. The van der Waals surface area contributed by atoms with Crippen molar-refractivity contribution in [3.05, 3.63) is 47.6 Å². The normalized spacial score (nSPS) is 15.8. The van der Waals surface area contributed by atoms with Gasteiger partial charge >= 0.3 is 0 Å². The Balaban J connectivity index is 2.27. The molecule has 0 bridgehead atoms. The number of hydrogen-bond acceptors (Lipinski definition) is 5. The molecule has 1 aromatic heterocycles. The van der Waals surface area contributed by atoms with E-state index in [2.05, 4.69) is 29.2 Å². The van der Waals surface area contributed by atoms with E-state index in [-0.39, 0.29) is 5.92 Å². The minimum Gasteiger partial charge on any atom is -0.382 e. The zero-order chi connectivity index (χ0) is 14.6. The van der Waals surface area contributed by atoms with Gasteiger partial charge in [0.25, 0.3) is 0 Å². The number of benzene rings is 1. The molecule has 2 rings (SSSR count). The Morgan fingerprint density at radius 3 is 2.65 bits per heavy atom. The minimum absolute atomic E-state index is 0.0933. The smallest absolute Gasteiger partial charge is 0.234 e. The fourth-order valence-electron chi connectivity index (χ4n) is 2.21. The van der Waals surface area contributed by atoms with Gasteiger partial charge in [0.2, 0.25) is 5.89 Å². The van der Waals surface area contributed by atoms with E-state index < -0.39 is 5.54 Å². The second-order valence-electron chi connectivity index (χ2n) is 5.18. The van der Waals surface area contributed by atoms with Crippen LogP contribution in [0.15, 0.2) is 34.9 Å². The van der Waals surface area contributed by atoms with Crippen molar-refractivity contribution in [2.24, 2.45) is 5.73 Å². The first-order valence-electron chi connectivity index (χ1n) is 6.75. The van der Waals surface area contributed by atoms with Crippen LogP contribution in [0.5, 0.6) is 0 Å². The molecule has 20 heavy (non-hydrogen) atoms. The van der Waals surface area contributed by atoms with Gasteiger partial charge in [0.15, 0.2) is 5.82 Å². The zero-order valence-corrected chi connectivity index (χ0v) is 12.2. The second kappa shape index (κ2) is 6.15. The third-order valence-electron chi connectivity index (χ3n) is 3.31. The molecule has 0 aliphatic heterocycles. The molecule has 5 nitrogen and oxygen atoms in total. The van der Waals surface area contributed by atoms with Gasteiger partial charge < -0.3 is 15.0 Å². The Morgan fingerprint density at radius 2 is 2.05 bits per heavy atom. The van der Waals surface area contributed by atoms with E-state index in [0.717, 1.165) is 12.0 Å². The second-order valence-corrected chi connectivity index (χ2v) is 5.18. The molecule has 0 amide bonds. The Bertz CT molecular complexity index is 537. The van der Waals surface area contributed by atoms with Crippen LogP contribution in [0, 0.1) is 0 Å². The van der Waals surface area contributed by atoms with Crippen LogP contribution in [0.4, 0.5) is 0 Å². The Kier molecular flexibility index (Phi) is 4.52. The van der Waals surface area contributed by atoms with Gasteiger partial charge in [-0.3, -0.25) is 0 Å². The molecule has 108 valence electrons. The zero-order valence-electron chi connectivity index (χ0n) is 12.2. The van der Waals surface area contributed by atoms with Crippen LogP contribution in [0.1, 0.15) is 43.5 Å². The number of nitrogens with zero attached hydrogens (tertiary/aromatic N) is 2. The van der Waals surface area contributed by atoms with E-state index in [1.807, 2.05) is 25.1 Å². The molecule has 0 saturated heterocycles. The molecule has 2 aromatic rings. The maximum Gasteiger partial charge on any atom is 0.234 e. The van der Waals surface area contributed by atoms with E-state index >= 15 is 0 Å². The van der Waals surface area contributed by atoms with E-state index in [9.17, 15) is 0 Å². The first-order valence-corrected chi connectivity index (χ1v) is 6.75. The third-order valence-corrected chi connectivity index (χ3v) is 3.31. The molecule has 2 N–H and O–H groups in total. The van der Waals surface area contributed by atoms with Crippen molar-refractivity contribution >= 4 is 0 Å². The lowest BCUT2D eigenvalue weighted by Crippen LogP contribution is -2.39. The van der Waals surface area contributed by atoms with Crippen LogP contribution in [0.25, 0.3) is 0 Å². The average molecular weight is 275 g/mol. The van der Waals surface area contributed by atoms with Crippen molar-refractivity contribution in [3.8, 4) is 0 Å². The fourth-order valence-corrected chi connectivity index (χ4v) is 2.21. The number of hydrogen-bond donors (Lipinski definition) is 1. The van der Waals surface area contributed by atoms with E-state index in [4.69, 9.17) is 15.0 Å². The molecule has 2 atom stereocenters. The molecule has 0 aliphatic rings. The summed E-state index contributed by atoms with van der Waals surface area (Å²) in [4.78, 5) is 4.47. The molecular formula is C15H21N3O2. The SMILES string of the molecule is CCC(c1ccccc1)c1nc(C(C)(N)COC)no1. The lowest BCUT2D eigenvalue weighted by Gasteiger charge is -2.18. The Hall–Kier alpha value is -1.72. The monoisotopic (exact) mass is 275 g/mol. The van der Waals surface area contributed by atoms with Crippen LogP contribution in [0.3, 0.4) is 0 Å². The highest BCUT2D eigenvalue weighted by Crippen LogP contribution is 2.27. The fraction of sp³-hybridized carbons (Fsp3) is 0.467. The molecule has 0 radical (unpaired) electrons. The van der Waals surface area contributed by atoms with Gasteiger partial charge in [-0.25, -0.2) is 0 Å². The number of methoxy groups -OCH3 is 1. The molecule has 1 aromatic carbocycles. The summed E-state index contributed by atoms with van der Waals surface area (Å²) in [5.74, 6) is 1.17. The molecule has 0 fully saturated rings. The van der Waals surface area contributed by atoms with Crippen LogP contribution in [-0.2, 0) is 10.3 Å². The molecule has 5 heteroatoms. The van der Waals surface area contributed by atoms with Crippen LogP contribution in [0.2, 0.25) is 0 Å². The number of nitrogens with two attached hydrogens (primary N) is 1. The molecular weight excluding hydrogens is 254 g/mol. The van der Waals surface area contributed by atoms with Crippen LogP contribution < -0.4 is 5.73 Å². The summed E-state index contributed by atoms with van der Waals surface area (Å²) >= 11 is 0. The van der Waals surface area contributed by atoms with Crippen molar-refractivity contribution in [3.63, 3.8) is 0 Å². The summed E-state index contributed by atoms with van der Waals surface area (Å²) in [6.45, 7) is 4.26. The summed E-state index contributed by atoms with van der Waals surface area (Å²) in [6.07, 6.45) is 0.886. The average Bonchev–Trinajstić information content (AvgIpc) is 2.91. The lowest BCUT2D eigenvalue weighted by molar-refractivity contribution is 0.135. The summed E-state index contributed by atoms with van der Waals surface area (Å²) < 4.78 is 10.5. The highest BCUT2D eigenvalue weighted by molar-refractivity contribution is 5.24.